The van der Waals surface area contributed by atoms with E-state index in [1.165, 1.54) is 12.6 Å². The van der Waals surface area contributed by atoms with Crippen molar-refractivity contribution in [3.8, 4) is 45.0 Å². The van der Waals surface area contributed by atoms with Crippen molar-refractivity contribution in [2.45, 2.75) is 96.8 Å². The quantitative estimate of drug-likeness (QED) is 0.156. The summed E-state index contributed by atoms with van der Waals surface area (Å²) in [6, 6.07) is 34.4. The second-order valence-corrected chi connectivity index (χ2v) is 30.2. The average Bonchev–Trinajstić information content (AvgIpc) is 1.56. The fourth-order valence-corrected chi connectivity index (χ4v) is 17.1. The number of piperidine rings is 1. The van der Waals surface area contributed by atoms with Crippen LogP contribution in [0.1, 0.15) is 67.7 Å². The zero-order valence-corrected chi connectivity index (χ0v) is 64.1. The Morgan fingerprint density at radius 3 is 1.16 bits per heavy atom. The van der Waals surface area contributed by atoms with Crippen LogP contribution in [0.4, 0.5) is 76.8 Å². The molecule has 114 heavy (non-hydrogen) atoms. The van der Waals surface area contributed by atoms with Crippen molar-refractivity contribution < 1.29 is 23.9 Å². The number of pyridine rings is 9. The number of nitrogens with one attached hydrogen (secondary N) is 2. The third-order valence-corrected chi connectivity index (χ3v) is 22.7. The van der Waals surface area contributed by atoms with E-state index in [1.54, 1.807) is 65.4 Å². The van der Waals surface area contributed by atoms with Crippen LogP contribution in [-0.4, -0.2) is 215 Å². The van der Waals surface area contributed by atoms with E-state index in [9.17, 15) is 19.2 Å². The molecule has 0 saturated carbocycles. The molecule has 8 bridgehead atoms. The summed E-state index contributed by atoms with van der Waals surface area (Å²) >= 11 is 0. The number of anilines is 10. The maximum absolute atomic E-state index is 13.5. The number of hydrogen-bond acceptors (Lipinski definition) is 22. The lowest BCUT2D eigenvalue weighted by Gasteiger charge is -2.39. The van der Waals surface area contributed by atoms with Crippen molar-refractivity contribution in [1.29, 1.82) is 0 Å². The Morgan fingerprint density at radius 2 is 0.746 bits per heavy atom. The predicted molar refractivity (Wildman–Crippen MR) is 437 cm³/mol. The van der Waals surface area contributed by atoms with E-state index in [-0.39, 0.29) is 48.3 Å². The van der Waals surface area contributed by atoms with Gasteiger partial charge in [0.2, 0.25) is 0 Å². The number of rotatable bonds is 6. The Balaban J connectivity index is 0.000000106. The largest absolute Gasteiger partial charge is 0.378 e. The SMILES string of the molecule is Cc1cc(-c2ccc3c(n2)N(C(=O)N2CCCCC2)[C@H]2CCN3C2)ccn1.Cc1cc(-c2ccc3c(n2)N(C(=O)N2CCOCC2)[C@H]2CCN3C2)ccn1.Cc1cc(-c2ccc3c(n2)N(C(=O)Nc2cnccn2)[C@@H]2CCN3C2)ccn1.Cc1cc(-c2ccc3c(n2)N(C(=O)Nc2nccc4nccnc24)[C@H]2CCN3C2)ccn1. The van der Waals surface area contributed by atoms with Gasteiger partial charge in [-0.2, -0.15) is 0 Å². The Kier molecular flexibility index (Phi) is 19.9. The maximum atomic E-state index is 13.5. The van der Waals surface area contributed by atoms with Crippen LogP contribution in [0.15, 0.2) is 165 Å². The third-order valence-electron chi connectivity index (χ3n) is 22.7. The minimum Gasteiger partial charge on any atom is -0.378 e. The van der Waals surface area contributed by atoms with Gasteiger partial charge < -0.3 is 34.1 Å². The molecule has 10 aliphatic heterocycles. The first-order chi connectivity index (χ1) is 55.8. The van der Waals surface area contributed by atoms with Gasteiger partial charge in [0.15, 0.2) is 34.9 Å². The van der Waals surface area contributed by atoms with Gasteiger partial charge in [0.1, 0.15) is 5.52 Å². The number of amides is 8. The molecule has 0 unspecified atom stereocenters. The molecule has 6 saturated heterocycles. The summed E-state index contributed by atoms with van der Waals surface area (Å²) in [6.45, 7) is 19.3. The summed E-state index contributed by atoms with van der Waals surface area (Å²) in [5.74, 6) is 3.77. The molecule has 21 heterocycles. The van der Waals surface area contributed by atoms with Gasteiger partial charge in [0.25, 0.3) is 0 Å². The second-order valence-electron chi connectivity index (χ2n) is 30.2. The van der Waals surface area contributed by atoms with Gasteiger partial charge in [-0.25, -0.2) is 54.1 Å². The van der Waals surface area contributed by atoms with Crippen LogP contribution in [-0.2, 0) is 4.74 Å². The zero-order chi connectivity index (χ0) is 77.5. The molecule has 0 aromatic carbocycles. The highest BCUT2D eigenvalue weighted by atomic mass is 16.5. The van der Waals surface area contributed by atoms with Gasteiger partial charge in [-0.05, 0) is 176 Å². The monoisotopic (exact) mass is 1530 g/mol. The minimum absolute atomic E-state index is 0.0467. The lowest BCUT2D eigenvalue weighted by Crippen LogP contribution is -2.54. The molecule has 0 spiro atoms. The van der Waals surface area contributed by atoms with Gasteiger partial charge >= 0.3 is 24.1 Å². The van der Waals surface area contributed by atoms with Crippen molar-refractivity contribution in [2.75, 3.05) is 142 Å². The molecule has 11 aromatic heterocycles. The highest BCUT2D eigenvalue weighted by Crippen LogP contribution is 2.46. The molecule has 30 nitrogen and oxygen atoms in total. The number of carbonyl (C=O) groups excluding carboxylic acids is 4. The smallest absolute Gasteiger partial charge is 0.329 e. The topological polar surface area (TPSA) is 302 Å². The molecule has 0 radical (unpaired) electrons. The van der Waals surface area contributed by atoms with E-state index in [4.69, 9.17) is 24.7 Å². The Labute approximate surface area is 659 Å². The van der Waals surface area contributed by atoms with Crippen molar-refractivity contribution in [1.82, 2.24) is 74.6 Å². The zero-order valence-electron chi connectivity index (χ0n) is 64.1. The molecule has 578 valence electrons. The summed E-state index contributed by atoms with van der Waals surface area (Å²) in [6.07, 6.45) is 23.9. The fraction of sp³-hybridized carbons (Fsp3) is 0.345. The summed E-state index contributed by atoms with van der Waals surface area (Å²) in [5.41, 5.74) is 16.5. The van der Waals surface area contributed by atoms with E-state index >= 15 is 0 Å². The molecule has 6 fully saturated rings. The lowest BCUT2D eigenvalue weighted by atomic mass is 10.1. The standard InChI is InChI=1S/C23H20N8O.C21H25N5O.C20H19N7O.C20H23N5O2/c1-14-12-15(4-7-24-14)17-2-3-19-22(28-17)31(16-6-11-30(19)13-16)23(32)29-21-20-18(5-8-27-21)25-9-10-26-20;1-15-13-16(7-9-22-15)18-5-6-19-20(23-18)26(17-8-12-25(19)14-17)21(27)24-10-3-2-4-11-24;1-13-10-14(4-6-22-13)16-2-3-17-19(24-16)27(15-5-9-26(17)12-15)20(28)25-18-11-21-7-8-23-18;1-14-12-15(4-6-21-14)17-2-3-18-19(22-17)25(16-5-7-24(18)13-16)20(26)23-8-10-27-11-9-23/h2-5,7-10,12,16H,6,11,13H2,1H3,(H,27,29,32);5-7,9,13,17H,2-4,8,10-12,14H2,1H3;2-4,6-8,10-11,15H,5,9,12H2,1H3,(H,23,25,28);2-4,6,12,16H,5,7-11,13H2,1H3/t16-;17-;15-;16-/m0010/s1. The summed E-state index contributed by atoms with van der Waals surface area (Å²) in [4.78, 5) is 132. The van der Waals surface area contributed by atoms with Crippen molar-refractivity contribution >= 4 is 92.8 Å². The van der Waals surface area contributed by atoms with E-state index in [1.807, 2.05) is 120 Å². The van der Waals surface area contributed by atoms with Crippen LogP contribution in [0.5, 0.6) is 0 Å². The number of nitrogens with zero attached hydrogens (tertiary/aromatic N) is 23. The van der Waals surface area contributed by atoms with Crippen LogP contribution in [0.2, 0.25) is 0 Å². The summed E-state index contributed by atoms with van der Waals surface area (Å²) < 4.78 is 5.41. The maximum Gasteiger partial charge on any atom is 0.329 e. The minimum atomic E-state index is -0.265. The summed E-state index contributed by atoms with van der Waals surface area (Å²) in [5, 5.41) is 5.80. The van der Waals surface area contributed by atoms with Gasteiger partial charge in [-0.1, -0.05) is 0 Å². The summed E-state index contributed by atoms with van der Waals surface area (Å²) in [7, 11) is 0. The molecule has 8 amide bonds. The van der Waals surface area contributed by atoms with E-state index in [0.29, 0.717) is 60.6 Å². The molecular formula is C84H87N25O5. The first kappa shape index (κ1) is 72.5. The predicted octanol–water partition coefficient (Wildman–Crippen LogP) is 12.1. The van der Waals surface area contributed by atoms with Crippen LogP contribution >= 0.6 is 0 Å². The highest BCUT2D eigenvalue weighted by Gasteiger charge is 2.46. The Morgan fingerprint density at radius 1 is 0.368 bits per heavy atom. The van der Waals surface area contributed by atoms with Gasteiger partial charge in [-0.15, -0.1) is 0 Å². The first-order valence-corrected chi connectivity index (χ1v) is 39.3. The molecule has 30 heteroatoms. The second kappa shape index (κ2) is 31.3. The molecule has 4 atom stereocenters. The number of urea groups is 4. The number of hydrogen-bond donors (Lipinski definition) is 2. The first-order valence-electron chi connectivity index (χ1n) is 39.3. The van der Waals surface area contributed by atoms with Gasteiger partial charge in [0.05, 0.1) is 94.6 Å². The van der Waals surface area contributed by atoms with Crippen LogP contribution in [0, 0.1) is 27.7 Å². The number of morpholine rings is 1. The number of carbonyl (C=O) groups is 4. The number of aromatic nitrogens is 13. The normalized spacial score (nSPS) is 19.1. The number of likely N-dealkylation sites (tertiary alicyclic amines) is 1. The molecule has 0 aliphatic carbocycles. The Bertz CT molecular complexity index is 5330. The van der Waals surface area contributed by atoms with E-state index < -0.39 is 0 Å². The molecular weight excluding hydrogens is 1440 g/mol. The van der Waals surface area contributed by atoms with Crippen LogP contribution in [0.25, 0.3) is 56.1 Å². The third kappa shape index (κ3) is 14.5. The Hall–Kier alpha value is -13.0. The molecule has 21 rings (SSSR count). The van der Waals surface area contributed by atoms with Crippen molar-refractivity contribution in [3.05, 3.63) is 188 Å². The number of ether oxygens (including phenoxy) is 1. The fourth-order valence-electron chi connectivity index (χ4n) is 17.1. The van der Waals surface area contributed by atoms with Crippen LogP contribution in [0.3, 0.4) is 0 Å². The molecule has 10 aliphatic rings. The lowest BCUT2D eigenvalue weighted by molar-refractivity contribution is 0.0544. The molecule has 2 N–H and O–H groups in total. The van der Waals surface area contributed by atoms with Crippen molar-refractivity contribution in [3.63, 3.8) is 0 Å². The average molecular weight is 1530 g/mol. The van der Waals surface area contributed by atoms with Crippen molar-refractivity contribution in [2.24, 2.45) is 0 Å². The molecule has 11 aromatic rings. The van der Waals surface area contributed by atoms with E-state index in [2.05, 4.69) is 105 Å². The number of aryl methyl sites for hydroxylation is 4. The van der Waals surface area contributed by atoms with Crippen LogP contribution < -0.4 is 49.8 Å². The van der Waals surface area contributed by atoms with E-state index in [0.717, 1.165) is 206 Å². The number of fused-ring (bicyclic) bond motifs is 17. The van der Waals surface area contributed by atoms with Gasteiger partial charge in [0, 0.05) is 179 Å². The highest BCUT2D eigenvalue weighted by molar-refractivity contribution is 6.08. The van der Waals surface area contributed by atoms with Gasteiger partial charge in [-0.3, -0.25) is 60.1 Å².